The number of carbonyl (C=O) groups is 1. The van der Waals surface area contributed by atoms with Crippen LogP contribution in [0.4, 0.5) is 5.82 Å². The van der Waals surface area contributed by atoms with Gasteiger partial charge in [-0.3, -0.25) is 4.79 Å². The number of nitrogens with zero attached hydrogens (tertiary/aromatic N) is 3. The van der Waals surface area contributed by atoms with Gasteiger partial charge in [0.2, 0.25) is 0 Å². The van der Waals surface area contributed by atoms with Gasteiger partial charge in [0.15, 0.2) is 11.7 Å². The van der Waals surface area contributed by atoms with Gasteiger partial charge in [-0.25, -0.2) is 9.98 Å². The van der Waals surface area contributed by atoms with Crippen LogP contribution in [0.25, 0.3) is 0 Å². The summed E-state index contributed by atoms with van der Waals surface area (Å²) in [5, 5.41) is 6.76. The summed E-state index contributed by atoms with van der Waals surface area (Å²) < 4.78 is 5.39. The Morgan fingerprint density at radius 2 is 2.11 bits per heavy atom. The first-order chi connectivity index (χ1) is 13.5. The standard InChI is InChI=1S/C20H28N6O2/c1-3-22-20(23-13-16-7-8-17(28-16)19(21)27)25-15-9-11-26(12-10-15)18-6-4-5-14(2)24-18/h4-8,15H,3,9-13H2,1-2H3,(H2,21,27)(H2,22,23,25). The molecule has 0 saturated carbocycles. The molecule has 150 valence electrons. The van der Waals surface area contributed by atoms with Crippen LogP contribution in [0.5, 0.6) is 0 Å². The van der Waals surface area contributed by atoms with Gasteiger partial charge in [-0.05, 0) is 51.0 Å². The molecule has 3 rings (SSSR count). The number of amides is 1. The summed E-state index contributed by atoms with van der Waals surface area (Å²) in [6.07, 6.45) is 2.01. The van der Waals surface area contributed by atoms with Crippen molar-refractivity contribution in [3.63, 3.8) is 0 Å². The van der Waals surface area contributed by atoms with Gasteiger partial charge in [0.25, 0.3) is 5.91 Å². The van der Waals surface area contributed by atoms with Crippen molar-refractivity contribution in [2.24, 2.45) is 10.7 Å². The monoisotopic (exact) mass is 384 g/mol. The van der Waals surface area contributed by atoms with Crippen molar-refractivity contribution in [3.05, 3.63) is 47.5 Å². The highest BCUT2D eigenvalue weighted by Crippen LogP contribution is 2.18. The van der Waals surface area contributed by atoms with E-state index >= 15 is 0 Å². The normalized spacial score (nSPS) is 15.5. The number of aliphatic imine (C=N–C) groups is 1. The molecule has 8 heteroatoms. The summed E-state index contributed by atoms with van der Waals surface area (Å²) in [6.45, 7) is 7.06. The van der Waals surface area contributed by atoms with E-state index in [0.717, 1.165) is 49.9 Å². The van der Waals surface area contributed by atoms with E-state index in [1.165, 1.54) is 0 Å². The van der Waals surface area contributed by atoms with Gasteiger partial charge in [-0.1, -0.05) is 6.07 Å². The number of hydrogen-bond donors (Lipinski definition) is 3. The number of pyridine rings is 1. The number of aromatic nitrogens is 1. The van der Waals surface area contributed by atoms with Crippen LogP contribution in [0.3, 0.4) is 0 Å². The summed E-state index contributed by atoms with van der Waals surface area (Å²) in [7, 11) is 0. The second-order valence-corrected chi connectivity index (χ2v) is 6.87. The number of aryl methyl sites for hydroxylation is 1. The Labute approximate surface area is 165 Å². The van der Waals surface area contributed by atoms with Gasteiger partial charge in [0, 0.05) is 31.4 Å². The lowest BCUT2D eigenvalue weighted by Crippen LogP contribution is -2.48. The lowest BCUT2D eigenvalue weighted by atomic mass is 10.1. The summed E-state index contributed by atoms with van der Waals surface area (Å²) in [6, 6.07) is 9.77. The third kappa shape index (κ3) is 5.25. The Bertz CT molecular complexity index is 824. The van der Waals surface area contributed by atoms with E-state index < -0.39 is 5.91 Å². The largest absolute Gasteiger partial charge is 0.454 e. The number of piperidine rings is 1. The van der Waals surface area contributed by atoms with E-state index in [-0.39, 0.29) is 5.76 Å². The van der Waals surface area contributed by atoms with Gasteiger partial charge in [0.1, 0.15) is 18.1 Å². The average molecular weight is 384 g/mol. The molecule has 0 aromatic carbocycles. The van der Waals surface area contributed by atoms with E-state index in [1.54, 1.807) is 12.1 Å². The maximum Gasteiger partial charge on any atom is 0.284 e. The molecule has 0 bridgehead atoms. The number of nitrogens with two attached hydrogens (primary N) is 1. The maximum absolute atomic E-state index is 11.1. The number of carbonyl (C=O) groups excluding carboxylic acids is 1. The van der Waals surface area contributed by atoms with Crippen LogP contribution in [0.1, 0.15) is 41.8 Å². The highest BCUT2D eigenvalue weighted by Gasteiger charge is 2.21. The lowest BCUT2D eigenvalue weighted by Gasteiger charge is -2.34. The Balaban J connectivity index is 1.55. The van der Waals surface area contributed by atoms with Crippen LogP contribution in [0.2, 0.25) is 0 Å². The average Bonchev–Trinajstić information content (AvgIpc) is 3.16. The fraction of sp³-hybridized carbons (Fsp3) is 0.450. The lowest BCUT2D eigenvalue weighted by molar-refractivity contribution is 0.0972. The van der Waals surface area contributed by atoms with Crippen LogP contribution in [-0.4, -0.2) is 42.5 Å². The Hall–Kier alpha value is -3.03. The molecule has 8 nitrogen and oxygen atoms in total. The highest BCUT2D eigenvalue weighted by molar-refractivity contribution is 5.89. The summed E-state index contributed by atoms with van der Waals surface area (Å²) in [5.74, 6) is 1.97. The molecule has 0 spiro atoms. The fourth-order valence-corrected chi connectivity index (χ4v) is 3.22. The van der Waals surface area contributed by atoms with E-state index in [9.17, 15) is 4.79 Å². The minimum atomic E-state index is -0.574. The van der Waals surface area contributed by atoms with Crippen molar-refractivity contribution in [1.82, 2.24) is 15.6 Å². The Morgan fingerprint density at radius 3 is 2.75 bits per heavy atom. The second-order valence-electron chi connectivity index (χ2n) is 6.87. The molecule has 28 heavy (non-hydrogen) atoms. The molecule has 1 aliphatic heterocycles. The summed E-state index contributed by atoms with van der Waals surface area (Å²) >= 11 is 0. The molecular formula is C20H28N6O2. The molecule has 0 unspecified atom stereocenters. The van der Waals surface area contributed by atoms with E-state index in [1.807, 2.05) is 19.9 Å². The van der Waals surface area contributed by atoms with Crippen LogP contribution in [0, 0.1) is 6.92 Å². The molecule has 1 fully saturated rings. The third-order valence-corrected chi connectivity index (χ3v) is 4.68. The first kappa shape index (κ1) is 19.7. The van der Waals surface area contributed by atoms with Crippen LogP contribution < -0.4 is 21.3 Å². The van der Waals surface area contributed by atoms with Gasteiger partial charge < -0.3 is 25.7 Å². The number of nitrogens with one attached hydrogen (secondary N) is 2. The van der Waals surface area contributed by atoms with Crippen molar-refractivity contribution in [2.45, 2.75) is 39.3 Å². The first-order valence-electron chi connectivity index (χ1n) is 9.67. The predicted octanol–water partition coefficient (Wildman–Crippen LogP) is 1.81. The van der Waals surface area contributed by atoms with Crippen LogP contribution in [-0.2, 0) is 6.54 Å². The third-order valence-electron chi connectivity index (χ3n) is 4.68. The molecule has 1 saturated heterocycles. The molecule has 0 radical (unpaired) electrons. The number of hydrogen-bond acceptors (Lipinski definition) is 5. The van der Waals surface area contributed by atoms with Crippen LogP contribution in [0.15, 0.2) is 39.7 Å². The zero-order chi connectivity index (χ0) is 19.9. The van der Waals surface area contributed by atoms with E-state index in [4.69, 9.17) is 10.2 Å². The van der Waals surface area contributed by atoms with Crippen LogP contribution >= 0.6 is 0 Å². The summed E-state index contributed by atoms with van der Waals surface area (Å²) in [5.41, 5.74) is 6.25. The SMILES string of the molecule is CCNC(=NCc1ccc(C(N)=O)o1)NC1CCN(c2cccc(C)n2)CC1. The Kier molecular flexibility index (Phi) is 6.52. The smallest absolute Gasteiger partial charge is 0.284 e. The number of primary amides is 1. The number of rotatable bonds is 6. The van der Waals surface area contributed by atoms with Crippen molar-refractivity contribution in [3.8, 4) is 0 Å². The van der Waals surface area contributed by atoms with Crippen molar-refractivity contribution >= 4 is 17.7 Å². The topological polar surface area (TPSA) is 109 Å². The number of guanidine groups is 1. The molecule has 1 aliphatic rings. The molecule has 1 amide bonds. The van der Waals surface area contributed by atoms with Gasteiger partial charge in [-0.15, -0.1) is 0 Å². The molecular weight excluding hydrogens is 356 g/mol. The highest BCUT2D eigenvalue weighted by atomic mass is 16.3. The Morgan fingerprint density at radius 1 is 1.32 bits per heavy atom. The van der Waals surface area contributed by atoms with E-state index in [0.29, 0.717) is 18.3 Å². The quantitative estimate of drug-likeness (QED) is 0.518. The van der Waals surface area contributed by atoms with E-state index in [2.05, 4.69) is 37.6 Å². The maximum atomic E-state index is 11.1. The minimum Gasteiger partial charge on any atom is -0.454 e. The molecule has 3 heterocycles. The van der Waals surface area contributed by atoms with Gasteiger partial charge in [0.05, 0.1) is 0 Å². The van der Waals surface area contributed by atoms with Crippen molar-refractivity contribution < 1.29 is 9.21 Å². The van der Waals surface area contributed by atoms with Gasteiger partial charge >= 0.3 is 0 Å². The molecule has 0 atom stereocenters. The second kappa shape index (κ2) is 9.25. The minimum absolute atomic E-state index is 0.153. The van der Waals surface area contributed by atoms with Crippen molar-refractivity contribution in [1.29, 1.82) is 0 Å². The van der Waals surface area contributed by atoms with Gasteiger partial charge in [-0.2, -0.15) is 0 Å². The molecule has 2 aromatic rings. The zero-order valence-electron chi connectivity index (χ0n) is 16.4. The number of furan rings is 1. The fourth-order valence-electron chi connectivity index (χ4n) is 3.22. The summed E-state index contributed by atoms with van der Waals surface area (Å²) in [4.78, 5) is 22.6. The molecule has 0 aliphatic carbocycles. The molecule has 4 N–H and O–H groups in total. The number of anilines is 1. The molecule has 2 aromatic heterocycles. The zero-order valence-corrected chi connectivity index (χ0v) is 16.4. The first-order valence-corrected chi connectivity index (χ1v) is 9.67. The predicted molar refractivity (Wildman–Crippen MR) is 109 cm³/mol. The van der Waals surface area contributed by atoms with Crippen molar-refractivity contribution in [2.75, 3.05) is 24.5 Å².